The van der Waals surface area contributed by atoms with Gasteiger partial charge in [0.05, 0.1) is 18.6 Å². The summed E-state index contributed by atoms with van der Waals surface area (Å²) in [6.07, 6.45) is -2.86. The molecule has 5 amide bonds. The molecule has 1 aromatic carbocycles. The highest BCUT2D eigenvalue weighted by atomic mass is 16.4. The molecule has 0 aliphatic rings. The van der Waals surface area contributed by atoms with Crippen LogP contribution in [0.3, 0.4) is 0 Å². The van der Waals surface area contributed by atoms with Crippen LogP contribution in [0.2, 0.25) is 0 Å². The number of benzene rings is 1. The van der Waals surface area contributed by atoms with Crippen molar-refractivity contribution in [1.29, 1.82) is 0 Å². The van der Waals surface area contributed by atoms with Gasteiger partial charge in [0.15, 0.2) is 0 Å². The van der Waals surface area contributed by atoms with Gasteiger partial charge in [-0.2, -0.15) is 0 Å². The first-order valence-corrected chi connectivity index (χ1v) is 11.1. The van der Waals surface area contributed by atoms with Crippen LogP contribution in [-0.4, -0.2) is 81.1 Å². The van der Waals surface area contributed by atoms with Crippen LogP contribution in [0.4, 0.5) is 0 Å². The highest BCUT2D eigenvalue weighted by molar-refractivity contribution is 5.96. The second kappa shape index (κ2) is 14.4. The summed E-state index contributed by atoms with van der Waals surface area (Å²) >= 11 is 0. The van der Waals surface area contributed by atoms with Crippen LogP contribution in [0.15, 0.2) is 24.3 Å². The molecule has 15 heteroatoms. The standard InChI is InChI=1S/C22H32N6O9/c1-10(29)18(21(35)26-14(22(36)37)6-7-16(24)31)28-20(34)15(9-17(25)32)27-19(33)13(23)8-11-2-4-12(30)5-3-11/h2-5,10,13-15,18,29-30H,6-9,23H2,1H3,(H2,24,31)(H2,25,32)(H,26,35)(H,27,33)(H,28,34)(H,36,37). The van der Waals surface area contributed by atoms with E-state index in [4.69, 9.17) is 17.2 Å². The Hall–Kier alpha value is -4.24. The summed E-state index contributed by atoms with van der Waals surface area (Å²) in [5.74, 6) is -6.24. The molecule has 0 aliphatic heterocycles. The van der Waals surface area contributed by atoms with Gasteiger partial charge >= 0.3 is 5.97 Å². The Balaban J connectivity index is 2.93. The first-order chi connectivity index (χ1) is 17.2. The van der Waals surface area contributed by atoms with E-state index in [2.05, 4.69) is 16.0 Å². The number of nitrogens with one attached hydrogen (secondary N) is 3. The Morgan fingerprint density at radius 3 is 1.92 bits per heavy atom. The second-order valence-electron chi connectivity index (χ2n) is 8.34. The molecule has 0 bridgehead atoms. The molecule has 12 N–H and O–H groups in total. The minimum Gasteiger partial charge on any atom is -0.508 e. The van der Waals surface area contributed by atoms with Gasteiger partial charge in [-0.25, -0.2) is 4.79 Å². The number of nitrogens with two attached hydrogens (primary N) is 3. The number of carboxylic acid groups (broad SMARTS) is 1. The normalized spacial score (nSPS) is 14.8. The lowest BCUT2D eigenvalue weighted by atomic mass is 10.0. The molecule has 0 aromatic heterocycles. The van der Waals surface area contributed by atoms with Crippen molar-refractivity contribution in [2.45, 2.75) is 62.9 Å². The zero-order valence-corrected chi connectivity index (χ0v) is 20.0. The van der Waals surface area contributed by atoms with E-state index in [-0.39, 0.29) is 25.0 Å². The second-order valence-corrected chi connectivity index (χ2v) is 8.34. The summed E-state index contributed by atoms with van der Waals surface area (Å²) in [6, 6.07) is -0.107. The molecule has 1 rings (SSSR count). The summed E-state index contributed by atoms with van der Waals surface area (Å²) in [5, 5.41) is 35.1. The van der Waals surface area contributed by atoms with Gasteiger partial charge in [0, 0.05) is 6.42 Å². The summed E-state index contributed by atoms with van der Waals surface area (Å²) < 4.78 is 0. The van der Waals surface area contributed by atoms with Gasteiger partial charge in [0.1, 0.15) is 23.9 Å². The van der Waals surface area contributed by atoms with Crippen molar-refractivity contribution < 1.29 is 44.1 Å². The van der Waals surface area contributed by atoms with E-state index >= 15 is 0 Å². The Kier molecular flexibility index (Phi) is 11.9. The molecule has 0 saturated heterocycles. The predicted molar refractivity (Wildman–Crippen MR) is 127 cm³/mol. The highest BCUT2D eigenvalue weighted by Gasteiger charge is 2.33. The van der Waals surface area contributed by atoms with Crippen molar-refractivity contribution in [3.8, 4) is 5.75 Å². The van der Waals surface area contributed by atoms with Crippen molar-refractivity contribution in [2.75, 3.05) is 0 Å². The van der Waals surface area contributed by atoms with E-state index in [9.17, 15) is 44.1 Å². The molecule has 0 aliphatic carbocycles. The van der Waals surface area contributed by atoms with Gasteiger partial charge < -0.3 is 48.5 Å². The third-order valence-electron chi connectivity index (χ3n) is 5.12. The Morgan fingerprint density at radius 2 is 1.43 bits per heavy atom. The molecular weight excluding hydrogens is 492 g/mol. The van der Waals surface area contributed by atoms with Gasteiger partial charge in [-0.3, -0.25) is 24.0 Å². The Morgan fingerprint density at radius 1 is 0.865 bits per heavy atom. The monoisotopic (exact) mass is 524 g/mol. The summed E-state index contributed by atoms with van der Waals surface area (Å²) in [6.45, 7) is 1.14. The number of amides is 5. The van der Waals surface area contributed by atoms with Crippen molar-refractivity contribution in [3.05, 3.63) is 29.8 Å². The number of primary amides is 2. The largest absolute Gasteiger partial charge is 0.508 e. The number of aromatic hydroxyl groups is 1. The van der Waals surface area contributed by atoms with Crippen molar-refractivity contribution in [1.82, 2.24) is 16.0 Å². The van der Waals surface area contributed by atoms with Crippen LogP contribution in [-0.2, 0) is 35.2 Å². The molecule has 0 spiro atoms. The number of aliphatic hydroxyl groups excluding tert-OH is 1. The molecule has 0 radical (unpaired) electrons. The van der Waals surface area contributed by atoms with Crippen LogP contribution >= 0.6 is 0 Å². The number of rotatable bonds is 15. The third kappa shape index (κ3) is 10.9. The molecule has 0 saturated carbocycles. The minimum atomic E-state index is -1.69. The van der Waals surface area contributed by atoms with Crippen LogP contribution in [0, 0.1) is 0 Å². The molecule has 15 nitrogen and oxygen atoms in total. The smallest absolute Gasteiger partial charge is 0.326 e. The quantitative estimate of drug-likeness (QED) is 0.108. The number of aliphatic carboxylic acids is 1. The average Bonchev–Trinajstić information content (AvgIpc) is 2.79. The number of hydrogen-bond acceptors (Lipinski definition) is 9. The van der Waals surface area contributed by atoms with Crippen molar-refractivity contribution >= 4 is 35.5 Å². The zero-order chi connectivity index (χ0) is 28.3. The highest BCUT2D eigenvalue weighted by Crippen LogP contribution is 2.11. The van der Waals surface area contributed by atoms with E-state index in [1.165, 1.54) is 24.3 Å². The van der Waals surface area contributed by atoms with E-state index in [0.29, 0.717) is 5.56 Å². The number of carbonyl (C=O) groups is 6. The first-order valence-electron chi connectivity index (χ1n) is 11.1. The summed E-state index contributed by atoms with van der Waals surface area (Å²) in [4.78, 5) is 71.8. The lowest BCUT2D eigenvalue weighted by Crippen LogP contribution is -2.60. The van der Waals surface area contributed by atoms with E-state index in [1.807, 2.05) is 0 Å². The maximum atomic E-state index is 12.8. The van der Waals surface area contributed by atoms with Gasteiger partial charge in [0.25, 0.3) is 0 Å². The fourth-order valence-corrected chi connectivity index (χ4v) is 3.13. The van der Waals surface area contributed by atoms with Gasteiger partial charge in [-0.1, -0.05) is 12.1 Å². The number of carboxylic acids is 1. The maximum Gasteiger partial charge on any atom is 0.326 e. The number of aliphatic hydroxyl groups is 1. The first kappa shape index (κ1) is 30.8. The zero-order valence-electron chi connectivity index (χ0n) is 20.0. The molecule has 1 aromatic rings. The molecule has 5 atom stereocenters. The average molecular weight is 525 g/mol. The van der Waals surface area contributed by atoms with Crippen LogP contribution in [0.25, 0.3) is 0 Å². The number of hydrogen-bond donors (Lipinski definition) is 9. The topological polar surface area (TPSA) is 277 Å². The van der Waals surface area contributed by atoms with E-state index in [1.54, 1.807) is 0 Å². The van der Waals surface area contributed by atoms with Gasteiger partial charge in [-0.15, -0.1) is 0 Å². The number of carbonyl (C=O) groups excluding carboxylic acids is 5. The fourth-order valence-electron chi connectivity index (χ4n) is 3.13. The van der Waals surface area contributed by atoms with Crippen LogP contribution in [0.5, 0.6) is 5.75 Å². The SMILES string of the molecule is CC(O)C(NC(=O)C(CC(N)=O)NC(=O)C(N)Cc1ccc(O)cc1)C(=O)NC(CCC(N)=O)C(=O)O. The number of phenols is 1. The van der Waals surface area contributed by atoms with Crippen LogP contribution in [0.1, 0.15) is 31.7 Å². The maximum absolute atomic E-state index is 12.8. The molecule has 204 valence electrons. The lowest BCUT2D eigenvalue weighted by molar-refractivity contribution is -0.143. The van der Waals surface area contributed by atoms with Gasteiger partial charge in [-0.05, 0) is 37.5 Å². The summed E-state index contributed by atoms with van der Waals surface area (Å²) in [5.41, 5.74) is 16.7. The van der Waals surface area contributed by atoms with Crippen LogP contribution < -0.4 is 33.2 Å². The van der Waals surface area contributed by atoms with E-state index in [0.717, 1.165) is 6.92 Å². The third-order valence-corrected chi connectivity index (χ3v) is 5.12. The van der Waals surface area contributed by atoms with Crippen molar-refractivity contribution in [3.63, 3.8) is 0 Å². The molecule has 0 heterocycles. The Bertz CT molecular complexity index is 999. The molecule has 37 heavy (non-hydrogen) atoms. The predicted octanol–water partition coefficient (Wildman–Crippen LogP) is -3.68. The Labute approximate surface area is 211 Å². The van der Waals surface area contributed by atoms with Gasteiger partial charge in [0.2, 0.25) is 29.5 Å². The lowest BCUT2D eigenvalue weighted by Gasteiger charge is -2.26. The summed E-state index contributed by atoms with van der Waals surface area (Å²) in [7, 11) is 0. The van der Waals surface area contributed by atoms with Crippen molar-refractivity contribution in [2.24, 2.45) is 17.2 Å². The minimum absolute atomic E-state index is 0.0132. The molecular formula is C22H32N6O9. The van der Waals surface area contributed by atoms with E-state index < -0.39 is 72.2 Å². The molecule has 5 unspecified atom stereocenters. The fraction of sp³-hybridized carbons (Fsp3) is 0.455. The number of phenolic OH excluding ortho intramolecular Hbond substituents is 1. The molecule has 0 fully saturated rings.